The van der Waals surface area contributed by atoms with Gasteiger partial charge in [0, 0.05) is 29.3 Å². The van der Waals surface area contributed by atoms with Crippen molar-refractivity contribution in [3.8, 4) is 11.8 Å². The van der Waals surface area contributed by atoms with E-state index < -0.39 is 10.0 Å². The van der Waals surface area contributed by atoms with E-state index in [-0.39, 0.29) is 11.4 Å². The van der Waals surface area contributed by atoms with Crippen LogP contribution in [0.15, 0.2) is 48.5 Å². The number of benzene rings is 1. The van der Waals surface area contributed by atoms with Gasteiger partial charge < -0.3 is 4.57 Å². The Balaban J connectivity index is 2.36. The van der Waals surface area contributed by atoms with Crippen molar-refractivity contribution >= 4 is 21.3 Å². The number of rotatable bonds is 4. The molecule has 0 amide bonds. The highest BCUT2D eigenvalue weighted by atomic mass is 32.2. The van der Waals surface area contributed by atoms with Crippen molar-refractivity contribution in [3.63, 3.8) is 0 Å². The normalized spacial score (nSPS) is 10.1. The fraction of sp³-hybridized carbons (Fsp3) is 0.0625. The van der Waals surface area contributed by atoms with Crippen LogP contribution in [0.4, 0.5) is 5.69 Å². The van der Waals surface area contributed by atoms with Gasteiger partial charge in [0.05, 0.1) is 12.3 Å². The lowest BCUT2D eigenvalue weighted by molar-refractivity contribution is 0.607. The van der Waals surface area contributed by atoms with Gasteiger partial charge in [-0.3, -0.25) is 4.72 Å². The van der Waals surface area contributed by atoms with E-state index in [4.69, 9.17) is 18.4 Å². The Labute approximate surface area is 139 Å². The van der Waals surface area contributed by atoms with Crippen LogP contribution in [-0.2, 0) is 10.0 Å². The van der Waals surface area contributed by atoms with Gasteiger partial charge in [-0.2, -0.15) is 15.0 Å². The van der Waals surface area contributed by atoms with Gasteiger partial charge in [0.1, 0.15) is 13.1 Å². The van der Waals surface area contributed by atoms with Gasteiger partial charge in [-0.1, -0.05) is 0 Å². The van der Waals surface area contributed by atoms with Crippen molar-refractivity contribution in [1.82, 2.24) is 4.57 Å². The lowest BCUT2D eigenvalue weighted by Gasteiger charge is -2.06. The van der Waals surface area contributed by atoms with Crippen molar-refractivity contribution in [3.05, 3.63) is 76.9 Å². The Kier molecular flexibility index (Phi) is 4.70. The van der Waals surface area contributed by atoms with E-state index in [1.807, 2.05) is 6.07 Å². The van der Waals surface area contributed by atoms with Crippen molar-refractivity contribution in [2.45, 2.75) is 0 Å². The molecule has 0 bridgehead atoms. The zero-order valence-corrected chi connectivity index (χ0v) is 13.4. The maximum absolute atomic E-state index is 11.2. The van der Waals surface area contributed by atoms with Gasteiger partial charge in [0.25, 0.3) is 0 Å². The van der Waals surface area contributed by atoms with Crippen LogP contribution in [0, 0.1) is 24.5 Å². The van der Waals surface area contributed by atoms with Gasteiger partial charge in [-0.15, -0.1) is 0 Å². The molecule has 1 N–H and O–H groups in total. The molecule has 1 aromatic carbocycles. The summed E-state index contributed by atoms with van der Waals surface area (Å²) in [7, 11) is -3.34. The maximum atomic E-state index is 11.2. The Morgan fingerprint density at radius 2 is 1.83 bits per heavy atom. The first-order valence-corrected chi connectivity index (χ1v) is 8.43. The Morgan fingerprint density at radius 3 is 2.33 bits per heavy atom. The van der Waals surface area contributed by atoms with Gasteiger partial charge in [-0.05, 0) is 30.3 Å². The molecule has 0 spiro atoms. The molecule has 0 aliphatic carbocycles. The number of anilines is 1. The molecule has 0 saturated carbocycles. The van der Waals surface area contributed by atoms with E-state index in [1.54, 1.807) is 47.3 Å². The predicted molar refractivity (Wildman–Crippen MR) is 90.0 cm³/mol. The van der Waals surface area contributed by atoms with Crippen molar-refractivity contribution in [2.75, 3.05) is 11.0 Å². The molecule has 8 heteroatoms. The Hall–Kier alpha value is -3.54. The highest BCUT2D eigenvalue weighted by Gasteiger charge is 2.17. The molecule has 2 rings (SSSR count). The molecular formula is C16H11N5O2S. The van der Waals surface area contributed by atoms with Gasteiger partial charge in [0.2, 0.25) is 10.0 Å². The van der Waals surface area contributed by atoms with Crippen LogP contribution in [0.5, 0.6) is 0 Å². The number of hydrogen-bond donors (Lipinski definition) is 1. The molecule has 2 aromatic rings. The quantitative estimate of drug-likeness (QED) is 0.688. The predicted octanol–water partition coefficient (Wildman–Crippen LogP) is 2.88. The van der Waals surface area contributed by atoms with Crippen molar-refractivity contribution in [2.24, 2.45) is 0 Å². The summed E-state index contributed by atoms with van der Waals surface area (Å²) in [6.45, 7) is 13.9. The largest absolute Gasteiger partial charge is 0.538 e. The molecule has 7 nitrogen and oxygen atoms in total. The lowest BCUT2D eigenvalue weighted by atomic mass is 10.1. The van der Waals surface area contributed by atoms with Crippen LogP contribution in [0.2, 0.25) is 0 Å². The second-order valence-corrected chi connectivity index (χ2v) is 6.51. The number of nitrogens with one attached hydrogen (secondary N) is 1. The van der Waals surface area contributed by atoms with E-state index >= 15 is 0 Å². The topological polar surface area (TPSA) is 83.6 Å². The zero-order valence-electron chi connectivity index (χ0n) is 12.6. The molecule has 1 heterocycles. The highest BCUT2D eigenvalue weighted by Crippen LogP contribution is 2.23. The first kappa shape index (κ1) is 16.8. The third-order valence-corrected chi connectivity index (χ3v) is 3.60. The minimum atomic E-state index is -3.34. The molecule has 0 unspecified atom stereocenters. The summed E-state index contributed by atoms with van der Waals surface area (Å²) < 4.78 is 26.5. The van der Waals surface area contributed by atoms with Crippen LogP contribution in [0.1, 0.15) is 5.56 Å². The number of allylic oxidation sites excluding steroid dienone is 1. The van der Waals surface area contributed by atoms with E-state index in [9.17, 15) is 8.42 Å². The van der Waals surface area contributed by atoms with E-state index in [0.29, 0.717) is 11.3 Å². The first-order chi connectivity index (χ1) is 11.4. The van der Waals surface area contributed by atoms with E-state index in [1.165, 1.54) is 0 Å². The average Bonchev–Trinajstić information content (AvgIpc) is 3.01. The van der Waals surface area contributed by atoms with Crippen LogP contribution < -0.4 is 4.72 Å². The van der Waals surface area contributed by atoms with Gasteiger partial charge >= 0.3 is 5.82 Å². The summed E-state index contributed by atoms with van der Waals surface area (Å²) in [5, 5.41) is 9.17. The standard InChI is InChI=1S/C16H11N5O2S/c1-18-16(19-2)15(10-17)12-8-9-21(11-12)14-6-4-13(5-7-14)20-24(3,22)23/h4-9,11,20H,3H3. The minimum Gasteiger partial charge on any atom is -0.323 e. The zero-order chi connectivity index (χ0) is 17.7. The number of aromatic nitrogens is 1. The maximum Gasteiger partial charge on any atom is 0.538 e. The molecule has 0 radical (unpaired) electrons. The van der Waals surface area contributed by atoms with Gasteiger partial charge in [-0.25, -0.2) is 8.42 Å². The molecule has 118 valence electrons. The molecular weight excluding hydrogens is 326 g/mol. The molecule has 0 fully saturated rings. The summed E-state index contributed by atoms with van der Waals surface area (Å²) >= 11 is 0. The molecule has 0 aliphatic rings. The number of nitriles is 1. The lowest BCUT2D eigenvalue weighted by Crippen LogP contribution is -2.09. The number of nitrogens with zero attached hydrogens (tertiary/aromatic N) is 4. The van der Waals surface area contributed by atoms with Crippen molar-refractivity contribution < 1.29 is 8.42 Å². The molecule has 0 saturated heterocycles. The Morgan fingerprint density at radius 1 is 1.21 bits per heavy atom. The second kappa shape index (κ2) is 6.70. The number of sulfonamides is 1. The first-order valence-electron chi connectivity index (χ1n) is 6.54. The average molecular weight is 337 g/mol. The van der Waals surface area contributed by atoms with Crippen LogP contribution in [0.25, 0.3) is 21.0 Å². The fourth-order valence-corrected chi connectivity index (χ4v) is 2.57. The third-order valence-electron chi connectivity index (χ3n) is 3.00. The van der Waals surface area contributed by atoms with Gasteiger partial charge in [0.15, 0.2) is 5.57 Å². The SMILES string of the molecule is [C-]#[N+]C([N+]#[C-])=C(C#N)c1ccn(-c2ccc(NS(C)(=O)=O)cc2)c1. The Bertz CT molecular complexity index is 1010. The second-order valence-electron chi connectivity index (χ2n) is 4.76. The van der Waals surface area contributed by atoms with E-state index in [0.717, 1.165) is 11.9 Å². The third kappa shape index (κ3) is 3.80. The number of hydrogen-bond acceptors (Lipinski definition) is 3. The monoisotopic (exact) mass is 337 g/mol. The summed E-state index contributed by atoms with van der Waals surface area (Å²) in [5.41, 5.74) is 1.67. The molecule has 0 aliphatic heterocycles. The molecule has 1 aromatic heterocycles. The minimum absolute atomic E-state index is 0.0223. The summed E-state index contributed by atoms with van der Waals surface area (Å²) in [4.78, 5) is 6.12. The summed E-state index contributed by atoms with van der Waals surface area (Å²) in [5.74, 6) is -0.275. The fourth-order valence-electron chi connectivity index (χ4n) is 2.00. The van der Waals surface area contributed by atoms with Crippen molar-refractivity contribution in [1.29, 1.82) is 5.26 Å². The smallest absolute Gasteiger partial charge is 0.323 e. The van der Waals surface area contributed by atoms with Crippen LogP contribution >= 0.6 is 0 Å². The summed E-state index contributed by atoms with van der Waals surface area (Å²) in [6.07, 6.45) is 4.40. The molecule has 0 atom stereocenters. The van der Waals surface area contributed by atoms with Crippen LogP contribution in [0.3, 0.4) is 0 Å². The van der Waals surface area contributed by atoms with Crippen LogP contribution in [-0.4, -0.2) is 19.2 Å². The molecule has 24 heavy (non-hydrogen) atoms. The summed E-state index contributed by atoms with van der Waals surface area (Å²) in [6, 6.07) is 10.2. The highest BCUT2D eigenvalue weighted by molar-refractivity contribution is 7.92. The van der Waals surface area contributed by atoms with E-state index in [2.05, 4.69) is 14.4 Å².